The smallest absolute Gasteiger partial charge is 0.0468 e. The molecule has 0 aromatic heterocycles. The van der Waals surface area contributed by atoms with Crippen molar-refractivity contribution in [1.82, 2.24) is 0 Å². The van der Waals surface area contributed by atoms with E-state index in [1.807, 2.05) is 0 Å². The maximum atomic E-state index is 2.39. The van der Waals surface area contributed by atoms with E-state index in [-0.39, 0.29) is 5.92 Å². The quantitative estimate of drug-likeness (QED) is 0.100. The van der Waals surface area contributed by atoms with Gasteiger partial charge < -0.3 is 9.80 Å². The molecule has 0 saturated heterocycles. The summed E-state index contributed by atoms with van der Waals surface area (Å²) in [6.45, 7) is 0. The van der Waals surface area contributed by atoms with Gasteiger partial charge in [0.15, 0.2) is 0 Å². The minimum absolute atomic E-state index is 0.128. The average Bonchev–Trinajstić information content (AvgIpc) is 1.48. The summed E-state index contributed by atoms with van der Waals surface area (Å²) in [6.07, 6.45) is 16.6. The van der Waals surface area contributed by atoms with Gasteiger partial charge in [0.05, 0.1) is 0 Å². The van der Waals surface area contributed by atoms with Crippen molar-refractivity contribution in [2.24, 2.45) is 5.92 Å². The zero-order chi connectivity index (χ0) is 56.0. The molecule has 0 saturated carbocycles. The van der Waals surface area contributed by atoms with Crippen LogP contribution >= 0.6 is 0 Å². The minimum atomic E-state index is 0.128. The van der Waals surface area contributed by atoms with E-state index in [1.54, 1.807) is 0 Å². The van der Waals surface area contributed by atoms with Crippen LogP contribution in [0.15, 0.2) is 327 Å². The summed E-state index contributed by atoms with van der Waals surface area (Å²) in [7, 11) is 0. The molecule has 2 heteroatoms. The molecule has 0 bridgehead atoms. The summed E-state index contributed by atoms with van der Waals surface area (Å²) in [5.41, 5.74) is 22.3. The predicted molar refractivity (Wildman–Crippen MR) is 360 cm³/mol. The third-order valence-electron chi connectivity index (χ3n) is 16.4. The molecule has 2 aliphatic rings. The van der Waals surface area contributed by atoms with Crippen molar-refractivity contribution in [3.8, 4) is 0 Å². The molecule has 14 rings (SSSR count). The lowest BCUT2D eigenvalue weighted by atomic mass is 9.66. The van der Waals surface area contributed by atoms with Crippen molar-refractivity contribution in [3.05, 3.63) is 372 Å². The summed E-state index contributed by atoms with van der Waals surface area (Å²) in [5, 5.41) is 4.82. The zero-order valence-electron chi connectivity index (χ0n) is 46.6. The van der Waals surface area contributed by atoms with Crippen LogP contribution in [-0.4, -0.2) is 0 Å². The fraction of sp³-hybridized carbons (Fsp3) is 0.0244. The summed E-state index contributed by atoms with van der Waals surface area (Å²) in [4.78, 5) is 4.78. The largest absolute Gasteiger partial charge is 0.310 e. The van der Waals surface area contributed by atoms with Crippen molar-refractivity contribution < 1.29 is 0 Å². The third kappa shape index (κ3) is 10.6. The van der Waals surface area contributed by atoms with Crippen LogP contribution in [0, 0.1) is 5.92 Å². The molecule has 12 aromatic carbocycles. The summed E-state index contributed by atoms with van der Waals surface area (Å²) >= 11 is 0. The van der Waals surface area contributed by atoms with E-state index in [1.165, 1.54) is 71.7 Å². The number of anilines is 6. The SMILES string of the molecule is C1=CCC2C(=C1)C(c1ccccc1)=C(c1ccc(N(c3ccc(/C=C/c4ccccc4)cc3)c3ccc4ccccc4c3)cc1)C(c1ccc(N(c3ccc(/C=C/c4ccccc4)cc3)c3ccc4ccccc4c3)cc1)=C2c1ccccc1. The first-order valence-corrected chi connectivity index (χ1v) is 29.1. The summed E-state index contributed by atoms with van der Waals surface area (Å²) in [5.74, 6) is 0.128. The van der Waals surface area contributed by atoms with E-state index in [9.17, 15) is 0 Å². The van der Waals surface area contributed by atoms with Crippen LogP contribution in [0.1, 0.15) is 50.9 Å². The van der Waals surface area contributed by atoms with Crippen LogP contribution in [0.5, 0.6) is 0 Å². The topological polar surface area (TPSA) is 6.48 Å². The van der Waals surface area contributed by atoms with E-state index in [0.717, 1.165) is 62.8 Å². The number of rotatable bonds is 14. The second-order valence-electron chi connectivity index (χ2n) is 21.6. The Morgan fingerprint density at radius 3 is 1.07 bits per heavy atom. The lowest BCUT2D eigenvalue weighted by Crippen LogP contribution is -2.18. The van der Waals surface area contributed by atoms with Crippen LogP contribution in [0.25, 0.3) is 68.1 Å². The highest BCUT2D eigenvalue weighted by atomic mass is 15.1. The number of benzene rings is 12. The second-order valence-corrected chi connectivity index (χ2v) is 21.6. The van der Waals surface area contributed by atoms with E-state index in [0.29, 0.717) is 0 Å². The van der Waals surface area contributed by atoms with Gasteiger partial charge in [-0.3, -0.25) is 0 Å². The van der Waals surface area contributed by atoms with Gasteiger partial charge in [0, 0.05) is 40.0 Å². The first kappa shape index (κ1) is 51.4. The lowest BCUT2D eigenvalue weighted by molar-refractivity contribution is 0.809. The first-order chi connectivity index (χ1) is 41.6. The zero-order valence-corrected chi connectivity index (χ0v) is 46.6. The Morgan fingerprint density at radius 2 is 0.619 bits per heavy atom. The molecular formula is C82H60N2. The molecule has 2 aliphatic carbocycles. The van der Waals surface area contributed by atoms with Crippen molar-refractivity contribution in [2.45, 2.75) is 6.42 Å². The van der Waals surface area contributed by atoms with E-state index in [2.05, 4.69) is 356 Å². The van der Waals surface area contributed by atoms with Crippen LogP contribution in [-0.2, 0) is 0 Å². The highest BCUT2D eigenvalue weighted by Gasteiger charge is 2.36. The van der Waals surface area contributed by atoms with Crippen LogP contribution in [0.4, 0.5) is 34.1 Å². The Hall–Kier alpha value is -10.8. The standard InChI is InChI=1S/C82H60N2/c1-5-19-59(20-6-1)33-35-61-37-47-71(48-38-61)83(75-55-41-63-23-13-15-29-69(63)57-75)73-51-43-67(44-52-73)81-79(65-25-9-3-10-26-65)77-31-17-18-32-78(77)80(66-27-11-4-12-28-66)82(81)68-45-53-74(54-46-68)84(76-56-42-64-24-14-16-30-70(64)58-76)72-49-39-62(40-50-72)36-34-60-21-7-2-8-22-60/h1-31,33-58,78H,32H2/b35-33+,36-34+. The number of fused-ring (bicyclic) bond motifs is 3. The summed E-state index contributed by atoms with van der Waals surface area (Å²) < 4.78 is 0. The molecule has 12 aromatic rings. The monoisotopic (exact) mass is 1070 g/mol. The Balaban J connectivity index is 0.916. The molecule has 84 heavy (non-hydrogen) atoms. The highest BCUT2D eigenvalue weighted by molar-refractivity contribution is 6.27. The van der Waals surface area contributed by atoms with Crippen LogP contribution < -0.4 is 9.80 Å². The molecule has 1 unspecified atom stereocenters. The van der Waals surface area contributed by atoms with Gasteiger partial charge in [0.25, 0.3) is 0 Å². The third-order valence-corrected chi connectivity index (χ3v) is 16.4. The van der Waals surface area contributed by atoms with Gasteiger partial charge >= 0.3 is 0 Å². The fourth-order valence-electron chi connectivity index (χ4n) is 12.3. The highest BCUT2D eigenvalue weighted by Crippen LogP contribution is 2.56. The van der Waals surface area contributed by atoms with Gasteiger partial charge in [-0.2, -0.15) is 0 Å². The fourth-order valence-corrected chi connectivity index (χ4v) is 12.3. The second kappa shape index (κ2) is 23.4. The van der Waals surface area contributed by atoms with Gasteiger partial charge in [-0.25, -0.2) is 0 Å². The van der Waals surface area contributed by atoms with Crippen molar-refractivity contribution in [2.75, 3.05) is 9.80 Å². The number of nitrogens with zero attached hydrogens (tertiary/aromatic N) is 2. The van der Waals surface area contributed by atoms with Gasteiger partial charge in [0.1, 0.15) is 0 Å². The van der Waals surface area contributed by atoms with Crippen molar-refractivity contribution >= 4 is 102 Å². The molecule has 398 valence electrons. The van der Waals surface area contributed by atoms with Gasteiger partial charge in [-0.05, 0) is 173 Å². The van der Waals surface area contributed by atoms with E-state index < -0.39 is 0 Å². The molecule has 0 fully saturated rings. The molecule has 0 heterocycles. The Labute approximate surface area is 493 Å². The van der Waals surface area contributed by atoms with Crippen molar-refractivity contribution in [1.29, 1.82) is 0 Å². The van der Waals surface area contributed by atoms with Crippen LogP contribution in [0.2, 0.25) is 0 Å². The molecule has 0 spiro atoms. The van der Waals surface area contributed by atoms with Crippen LogP contribution in [0.3, 0.4) is 0 Å². The maximum Gasteiger partial charge on any atom is 0.0468 e. The maximum absolute atomic E-state index is 2.39. The van der Waals surface area contributed by atoms with Gasteiger partial charge in [0.2, 0.25) is 0 Å². The Morgan fingerprint density at radius 1 is 0.274 bits per heavy atom. The number of hydrogen-bond acceptors (Lipinski definition) is 2. The molecule has 2 nitrogen and oxygen atoms in total. The molecule has 0 amide bonds. The molecule has 0 aliphatic heterocycles. The van der Waals surface area contributed by atoms with Gasteiger partial charge in [-0.15, -0.1) is 0 Å². The van der Waals surface area contributed by atoms with E-state index >= 15 is 0 Å². The summed E-state index contributed by atoms with van der Waals surface area (Å²) in [6, 6.07) is 111. The number of hydrogen-bond donors (Lipinski definition) is 0. The molecule has 1 atom stereocenters. The minimum Gasteiger partial charge on any atom is -0.310 e. The molecule has 0 radical (unpaired) electrons. The average molecular weight is 1070 g/mol. The first-order valence-electron chi connectivity index (χ1n) is 29.1. The van der Waals surface area contributed by atoms with Gasteiger partial charge in [-0.1, -0.05) is 273 Å². The lowest BCUT2D eigenvalue weighted by Gasteiger charge is -2.37. The predicted octanol–water partition coefficient (Wildman–Crippen LogP) is 22.3. The number of allylic oxidation sites excluding steroid dienone is 8. The normalized spacial score (nSPS) is 14.1. The molecular weight excluding hydrogens is 1010 g/mol. The Kier molecular flexibility index (Phi) is 14.3. The van der Waals surface area contributed by atoms with Crippen molar-refractivity contribution in [3.63, 3.8) is 0 Å². The van der Waals surface area contributed by atoms with E-state index in [4.69, 9.17) is 0 Å². The Bertz CT molecular complexity index is 4490. The molecule has 0 N–H and O–H groups in total.